The first-order chi connectivity index (χ1) is 11.2. The van der Waals surface area contributed by atoms with Crippen LogP contribution in [-0.2, 0) is 11.3 Å². The fraction of sp³-hybridized carbons (Fsp3) is 0.588. The molecule has 2 fully saturated rings. The van der Waals surface area contributed by atoms with Crippen molar-refractivity contribution in [2.75, 3.05) is 13.7 Å². The molecular weight excluding hydrogens is 421 g/mol. The number of fused-ring (bicyclic) bond motifs is 2. The molecule has 3 unspecified atom stereocenters. The Kier molecular flexibility index (Phi) is 6.97. The summed E-state index contributed by atoms with van der Waals surface area (Å²) in [6.45, 7) is 3.35. The molecule has 2 aliphatic heterocycles. The van der Waals surface area contributed by atoms with Gasteiger partial charge in [-0.15, -0.1) is 24.0 Å². The number of hydrogen-bond donors (Lipinski definition) is 3. The highest BCUT2D eigenvalue weighted by Crippen LogP contribution is 2.34. The van der Waals surface area contributed by atoms with Gasteiger partial charge in [-0.2, -0.15) is 0 Å². The molecule has 3 atom stereocenters. The van der Waals surface area contributed by atoms with Crippen LogP contribution in [0.3, 0.4) is 0 Å². The van der Waals surface area contributed by atoms with Crippen LogP contribution < -0.4 is 15.4 Å². The van der Waals surface area contributed by atoms with Gasteiger partial charge in [0.2, 0.25) is 0 Å². The van der Waals surface area contributed by atoms with Gasteiger partial charge in [0, 0.05) is 6.54 Å². The summed E-state index contributed by atoms with van der Waals surface area (Å²) in [6, 6.07) is 5.69. The average Bonchev–Trinajstić information content (AvgIpc) is 3.16. The lowest BCUT2D eigenvalue weighted by atomic mass is 9.96. The summed E-state index contributed by atoms with van der Waals surface area (Å²) in [5.74, 6) is 1.41. The van der Waals surface area contributed by atoms with E-state index in [1.54, 1.807) is 12.1 Å². The number of nitrogens with one attached hydrogen (secondary N) is 2. The quantitative estimate of drug-likeness (QED) is 0.367. The molecule has 1 aromatic carbocycles. The van der Waals surface area contributed by atoms with Crippen LogP contribution >= 0.6 is 24.0 Å². The molecule has 0 aliphatic carbocycles. The summed E-state index contributed by atoms with van der Waals surface area (Å²) in [5, 5.41) is 16.6. The zero-order valence-electron chi connectivity index (χ0n) is 14.1. The first-order valence-electron chi connectivity index (χ1n) is 8.25. The van der Waals surface area contributed by atoms with Gasteiger partial charge in [0.15, 0.2) is 17.5 Å². The lowest BCUT2D eigenvalue weighted by molar-refractivity contribution is 0.0992. The fourth-order valence-corrected chi connectivity index (χ4v) is 3.29. The molecule has 0 aromatic heterocycles. The Morgan fingerprint density at radius 3 is 2.83 bits per heavy atom. The monoisotopic (exact) mass is 447 g/mol. The van der Waals surface area contributed by atoms with E-state index in [4.69, 9.17) is 9.47 Å². The third-order valence-corrected chi connectivity index (χ3v) is 4.44. The molecule has 2 bridgehead atoms. The van der Waals surface area contributed by atoms with E-state index in [0.29, 0.717) is 30.5 Å². The molecule has 24 heavy (non-hydrogen) atoms. The second-order valence-corrected chi connectivity index (χ2v) is 6.06. The van der Waals surface area contributed by atoms with E-state index in [9.17, 15) is 5.11 Å². The highest BCUT2D eigenvalue weighted by molar-refractivity contribution is 14.0. The molecule has 3 rings (SSSR count). The largest absolute Gasteiger partial charge is 0.504 e. The zero-order valence-corrected chi connectivity index (χ0v) is 16.4. The van der Waals surface area contributed by atoms with Crippen LogP contribution in [0.5, 0.6) is 11.5 Å². The smallest absolute Gasteiger partial charge is 0.191 e. The number of hydrogen-bond acceptors (Lipinski definition) is 4. The average molecular weight is 447 g/mol. The minimum Gasteiger partial charge on any atom is -0.504 e. The predicted molar refractivity (Wildman–Crippen MR) is 104 cm³/mol. The zero-order chi connectivity index (χ0) is 16.2. The van der Waals surface area contributed by atoms with Crippen LogP contribution in [-0.4, -0.2) is 43.0 Å². The summed E-state index contributed by atoms with van der Waals surface area (Å²) in [6.07, 6.45) is 4.10. The van der Waals surface area contributed by atoms with Crippen LogP contribution in [0.25, 0.3) is 0 Å². The van der Waals surface area contributed by atoms with Crippen molar-refractivity contribution in [3.63, 3.8) is 0 Å². The van der Waals surface area contributed by atoms with Gasteiger partial charge in [-0.1, -0.05) is 6.07 Å². The van der Waals surface area contributed by atoms with E-state index in [0.717, 1.165) is 30.9 Å². The third kappa shape index (κ3) is 4.44. The van der Waals surface area contributed by atoms with Crippen molar-refractivity contribution in [3.8, 4) is 11.5 Å². The van der Waals surface area contributed by atoms with Crippen LogP contribution in [0.1, 0.15) is 31.7 Å². The first-order valence-corrected chi connectivity index (χ1v) is 8.25. The number of guanidine groups is 1. The molecule has 0 radical (unpaired) electrons. The molecular formula is C17H26IN3O3. The maximum absolute atomic E-state index is 9.84. The van der Waals surface area contributed by atoms with Crippen molar-refractivity contribution in [1.82, 2.24) is 10.6 Å². The van der Waals surface area contributed by atoms with Crippen LogP contribution in [0.15, 0.2) is 23.2 Å². The lowest BCUT2D eigenvalue weighted by Crippen LogP contribution is -2.47. The third-order valence-electron chi connectivity index (χ3n) is 4.44. The minimum absolute atomic E-state index is 0. The van der Waals surface area contributed by atoms with E-state index in [-0.39, 0.29) is 29.7 Å². The van der Waals surface area contributed by atoms with Gasteiger partial charge < -0.3 is 25.2 Å². The molecule has 2 heterocycles. The van der Waals surface area contributed by atoms with Crippen molar-refractivity contribution in [2.45, 2.75) is 51.0 Å². The Morgan fingerprint density at radius 2 is 2.25 bits per heavy atom. The summed E-state index contributed by atoms with van der Waals surface area (Å²) < 4.78 is 10.9. The maximum Gasteiger partial charge on any atom is 0.191 e. The molecule has 3 N–H and O–H groups in total. The Hall–Kier alpha value is -1.22. The number of phenols is 1. The van der Waals surface area contributed by atoms with E-state index >= 15 is 0 Å². The lowest BCUT2D eigenvalue weighted by Gasteiger charge is -2.22. The fourth-order valence-electron chi connectivity index (χ4n) is 3.29. The normalized spacial score (nSPS) is 25.2. The molecule has 0 amide bonds. The molecule has 2 saturated heterocycles. The van der Waals surface area contributed by atoms with Gasteiger partial charge in [0.1, 0.15) is 0 Å². The molecule has 134 valence electrons. The number of ether oxygens (including phenoxy) is 2. The Bertz CT molecular complexity index is 582. The molecule has 1 aromatic rings. The first kappa shape index (κ1) is 19.1. The Morgan fingerprint density at radius 1 is 1.42 bits per heavy atom. The van der Waals surface area contributed by atoms with Crippen molar-refractivity contribution in [2.24, 2.45) is 4.99 Å². The van der Waals surface area contributed by atoms with Crippen LogP contribution in [0.4, 0.5) is 0 Å². The molecule has 0 saturated carbocycles. The number of phenolic OH excluding ortho intramolecular Hbond substituents is 1. The van der Waals surface area contributed by atoms with Gasteiger partial charge in [0.05, 0.1) is 31.9 Å². The van der Waals surface area contributed by atoms with Crippen molar-refractivity contribution >= 4 is 29.9 Å². The van der Waals surface area contributed by atoms with E-state index in [1.807, 2.05) is 13.0 Å². The van der Waals surface area contributed by atoms with Crippen molar-refractivity contribution < 1.29 is 14.6 Å². The van der Waals surface area contributed by atoms with Gasteiger partial charge in [-0.3, -0.25) is 0 Å². The maximum atomic E-state index is 9.84. The molecule has 7 heteroatoms. The summed E-state index contributed by atoms with van der Waals surface area (Å²) in [4.78, 5) is 4.61. The number of aliphatic imine (C=N–C) groups is 1. The van der Waals surface area contributed by atoms with Gasteiger partial charge in [-0.05, 0) is 43.9 Å². The highest BCUT2D eigenvalue weighted by atomic mass is 127. The number of rotatable bonds is 5. The van der Waals surface area contributed by atoms with E-state index in [1.165, 1.54) is 13.5 Å². The standard InChI is InChI=1S/C17H25N3O3.HI/c1-3-18-17(20-13-9-12-5-7-15(13)23-12)19-10-11-4-6-16(22-2)14(21)8-11;/h4,6,8,12-13,15,21H,3,5,7,9-10H2,1-2H3,(H2,18,19,20);1H. The topological polar surface area (TPSA) is 75.1 Å². The summed E-state index contributed by atoms with van der Waals surface area (Å²) in [5.41, 5.74) is 0.935. The molecule has 6 nitrogen and oxygen atoms in total. The number of nitrogens with zero attached hydrogens (tertiary/aromatic N) is 1. The van der Waals surface area contributed by atoms with Crippen LogP contribution in [0.2, 0.25) is 0 Å². The summed E-state index contributed by atoms with van der Waals surface area (Å²) >= 11 is 0. The van der Waals surface area contributed by atoms with Gasteiger partial charge in [0.25, 0.3) is 0 Å². The molecule has 2 aliphatic rings. The number of aromatic hydroxyl groups is 1. The second-order valence-electron chi connectivity index (χ2n) is 6.06. The van der Waals surface area contributed by atoms with Crippen molar-refractivity contribution in [3.05, 3.63) is 23.8 Å². The Balaban J connectivity index is 0.00000208. The van der Waals surface area contributed by atoms with Crippen LogP contribution in [0, 0.1) is 0 Å². The molecule has 0 spiro atoms. The number of benzene rings is 1. The minimum atomic E-state index is 0. The van der Waals surface area contributed by atoms with Gasteiger partial charge >= 0.3 is 0 Å². The van der Waals surface area contributed by atoms with Crippen molar-refractivity contribution in [1.29, 1.82) is 0 Å². The number of methoxy groups -OCH3 is 1. The highest BCUT2D eigenvalue weighted by Gasteiger charge is 2.41. The summed E-state index contributed by atoms with van der Waals surface area (Å²) in [7, 11) is 1.54. The SMILES string of the molecule is CCNC(=NCc1ccc(OC)c(O)c1)NC1CC2CCC1O2.I. The Labute approximate surface area is 160 Å². The predicted octanol–water partition coefficient (Wildman–Crippen LogP) is 2.39. The van der Waals surface area contributed by atoms with E-state index < -0.39 is 0 Å². The van der Waals surface area contributed by atoms with Gasteiger partial charge in [-0.25, -0.2) is 4.99 Å². The second kappa shape index (κ2) is 8.75. The van der Waals surface area contributed by atoms with E-state index in [2.05, 4.69) is 15.6 Å². The number of halogens is 1.